The van der Waals surface area contributed by atoms with E-state index in [4.69, 9.17) is 16.3 Å². The Labute approximate surface area is 189 Å². The third-order valence-corrected chi connectivity index (χ3v) is 9.22. The van der Waals surface area contributed by atoms with Crippen LogP contribution in [0.4, 0.5) is 0 Å². The molecule has 0 aromatic heterocycles. The number of aliphatic hydroxyl groups is 2. The molecule has 0 radical (unpaired) electrons. The van der Waals surface area contributed by atoms with Crippen molar-refractivity contribution in [1.82, 2.24) is 0 Å². The van der Waals surface area contributed by atoms with Gasteiger partial charge in [0.15, 0.2) is 5.78 Å². The Morgan fingerprint density at radius 3 is 2.55 bits per heavy atom. The topological polar surface area (TPSA) is 83.8 Å². The first-order valence-corrected chi connectivity index (χ1v) is 11.6. The second-order valence-electron chi connectivity index (χ2n) is 10.7. The Balaban J connectivity index is 1.85. The number of allylic oxidation sites excluding steroid dienone is 1. The standard InChI is InChI=1S/C25H33ClO5/c1-7-13(2)21(28)31-24-10-15(4)25(30)17(19(24)22(24,5)6)9-16(12-26)11-23(29)18(25)8-14(3)20(23)27/h7-9,15,17-19,29-30H,10-12H2,1-6H3/b13-7+/t15-,17+,18-,19-,23?,24+,25-/m1/s1. The maximum Gasteiger partial charge on any atom is 0.333 e. The fourth-order valence-electron chi connectivity index (χ4n) is 6.94. The average Bonchev–Trinajstić information content (AvgIpc) is 3.11. The van der Waals surface area contributed by atoms with E-state index in [-0.39, 0.29) is 41.3 Å². The van der Waals surface area contributed by atoms with Crippen LogP contribution in [0.15, 0.2) is 34.9 Å². The van der Waals surface area contributed by atoms with Gasteiger partial charge in [0, 0.05) is 41.0 Å². The normalized spacial score (nSPS) is 45.6. The Kier molecular flexibility index (Phi) is 4.98. The SMILES string of the molecule is C/C=C(\C)C(=O)O[C@@]12C[C@@H](C)[C@]3(O)[C@@H]4C=C(C)C(=O)C4(O)CC(CCl)=C[C@H]3[C@@H]1C2(C)C. The van der Waals surface area contributed by atoms with Crippen LogP contribution in [0.2, 0.25) is 0 Å². The summed E-state index contributed by atoms with van der Waals surface area (Å²) in [4.78, 5) is 25.7. The number of Topliss-reactive ketones (excluding diaryl/α,β-unsaturated/α-hetero) is 1. The number of ether oxygens (including phenoxy) is 1. The first kappa shape index (κ1) is 22.8. The van der Waals surface area contributed by atoms with Crippen molar-refractivity contribution in [3.05, 3.63) is 34.9 Å². The third-order valence-electron chi connectivity index (χ3n) is 8.87. The van der Waals surface area contributed by atoms with Crippen LogP contribution in [-0.2, 0) is 14.3 Å². The summed E-state index contributed by atoms with van der Waals surface area (Å²) in [7, 11) is 0. The molecule has 0 spiro atoms. The van der Waals surface area contributed by atoms with Crippen LogP contribution >= 0.6 is 11.6 Å². The molecule has 170 valence electrons. The highest BCUT2D eigenvalue weighted by atomic mass is 35.5. The molecule has 2 N–H and O–H groups in total. The molecule has 0 aromatic rings. The molecular formula is C25H33ClO5. The predicted octanol–water partition coefficient (Wildman–Crippen LogP) is 3.72. The van der Waals surface area contributed by atoms with Crippen molar-refractivity contribution in [3.8, 4) is 0 Å². The summed E-state index contributed by atoms with van der Waals surface area (Å²) in [6.07, 6.45) is 6.02. The number of halogens is 1. The molecule has 5 nitrogen and oxygen atoms in total. The van der Waals surface area contributed by atoms with Crippen LogP contribution in [-0.4, -0.2) is 44.6 Å². The fraction of sp³-hybridized carbons (Fsp3) is 0.680. The van der Waals surface area contributed by atoms with Crippen LogP contribution in [0.3, 0.4) is 0 Å². The van der Waals surface area contributed by atoms with E-state index in [1.165, 1.54) is 0 Å². The zero-order valence-electron chi connectivity index (χ0n) is 19.2. The molecule has 0 bridgehead atoms. The summed E-state index contributed by atoms with van der Waals surface area (Å²) in [6.45, 7) is 11.3. The highest BCUT2D eigenvalue weighted by molar-refractivity contribution is 6.19. The number of fused-ring (bicyclic) bond motifs is 5. The minimum Gasteiger partial charge on any atom is -0.455 e. The number of ketones is 1. The number of hydrogen-bond acceptors (Lipinski definition) is 5. The van der Waals surface area contributed by atoms with Crippen LogP contribution < -0.4 is 0 Å². The summed E-state index contributed by atoms with van der Waals surface area (Å²) in [6, 6.07) is 0. The van der Waals surface area contributed by atoms with Gasteiger partial charge in [-0.1, -0.05) is 44.6 Å². The number of carbonyl (C=O) groups is 2. The quantitative estimate of drug-likeness (QED) is 0.297. The molecule has 0 aromatic carbocycles. The summed E-state index contributed by atoms with van der Waals surface area (Å²) in [5.41, 5.74) is -2.34. The van der Waals surface area contributed by atoms with Gasteiger partial charge in [-0.2, -0.15) is 0 Å². The Hall–Kier alpha value is -1.43. The zero-order valence-corrected chi connectivity index (χ0v) is 19.9. The lowest BCUT2D eigenvalue weighted by Crippen LogP contribution is -2.61. The van der Waals surface area contributed by atoms with E-state index in [1.807, 2.05) is 13.0 Å². The minimum absolute atomic E-state index is 0.108. The maximum atomic E-state index is 13.0. The van der Waals surface area contributed by atoms with Crippen LogP contribution in [0.5, 0.6) is 0 Å². The Bertz CT molecular complexity index is 946. The fourth-order valence-corrected chi connectivity index (χ4v) is 7.13. The average molecular weight is 449 g/mol. The van der Waals surface area contributed by atoms with Gasteiger partial charge in [0.1, 0.15) is 11.2 Å². The van der Waals surface area contributed by atoms with Crippen molar-refractivity contribution < 1.29 is 24.5 Å². The minimum atomic E-state index is -1.69. The molecule has 7 atom stereocenters. The smallest absolute Gasteiger partial charge is 0.333 e. The molecule has 6 heteroatoms. The van der Waals surface area contributed by atoms with E-state index >= 15 is 0 Å². The van der Waals surface area contributed by atoms with Gasteiger partial charge in [0.05, 0.1) is 5.60 Å². The first-order valence-electron chi connectivity index (χ1n) is 11.1. The largest absolute Gasteiger partial charge is 0.455 e. The predicted molar refractivity (Wildman–Crippen MR) is 118 cm³/mol. The molecule has 0 amide bonds. The van der Waals surface area contributed by atoms with E-state index in [0.29, 0.717) is 17.6 Å². The van der Waals surface area contributed by atoms with E-state index in [0.717, 1.165) is 5.57 Å². The van der Waals surface area contributed by atoms with E-state index in [2.05, 4.69) is 13.8 Å². The lowest BCUT2D eigenvalue weighted by Gasteiger charge is -2.50. The second-order valence-corrected chi connectivity index (χ2v) is 11.0. The lowest BCUT2D eigenvalue weighted by molar-refractivity contribution is -0.185. The van der Waals surface area contributed by atoms with Gasteiger partial charge < -0.3 is 14.9 Å². The number of alkyl halides is 1. The molecule has 31 heavy (non-hydrogen) atoms. The molecular weight excluding hydrogens is 416 g/mol. The molecule has 0 saturated heterocycles. The maximum absolute atomic E-state index is 13.0. The Morgan fingerprint density at radius 1 is 1.32 bits per heavy atom. The number of esters is 1. The van der Waals surface area contributed by atoms with Gasteiger partial charge in [0.25, 0.3) is 0 Å². The van der Waals surface area contributed by atoms with Crippen molar-refractivity contribution in [3.63, 3.8) is 0 Å². The van der Waals surface area contributed by atoms with Gasteiger partial charge in [-0.25, -0.2) is 4.79 Å². The summed E-state index contributed by atoms with van der Waals surface area (Å²) in [5, 5.41) is 23.8. The number of hydrogen-bond donors (Lipinski definition) is 2. The van der Waals surface area contributed by atoms with Crippen LogP contribution in [0, 0.1) is 29.1 Å². The molecule has 4 aliphatic rings. The summed E-state index contributed by atoms with van der Waals surface area (Å²) >= 11 is 6.23. The summed E-state index contributed by atoms with van der Waals surface area (Å²) in [5.74, 6) is -2.09. The van der Waals surface area contributed by atoms with Crippen LogP contribution in [0.1, 0.15) is 54.4 Å². The highest BCUT2D eigenvalue weighted by Gasteiger charge is 2.83. The molecule has 0 aliphatic heterocycles. The van der Waals surface area contributed by atoms with Gasteiger partial charge in [-0.3, -0.25) is 4.79 Å². The van der Waals surface area contributed by atoms with E-state index in [1.54, 1.807) is 32.9 Å². The van der Waals surface area contributed by atoms with Crippen molar-refractivity contribution in [2.24, 2.45) is 29.1 Å². The van der Waals surface area contributed by atoms with E-state index in [9.17, 15) is 19.8 Å². The molecule has 1 unspecified atom stereocenters. The number of carbonyl (C=O) groups excluding carboxylic acids is 2. The first-order chi connectivity index (χ1) is 14.3. The third kappa shape index (κ3) is 2.69. The molecule has 2 fully saturated rings. The molecule has 0 heterocycles. The number of rotatable bonds is 3. The second kappa shape index (κ2) is 6.79. The van der Waals surface area contributed by atoms with Crippen molar-refractivity contribution in [2.75, 3.05) is 5.88 Å². The van der Waals surface area contributed by atoms with Crippen molar-refractivity contribution in [2.45, 2.75) is 71.2 Å². The Morgan fingerprint density at radius 2 is 1.97 bits per heavy atom. The van der Waals surface area contributed by atoms with Crippen molar-refractivity contribution in [1.29, 1.82) is 0 Å². The van der Waals surface area contributed by atoms with Gasteiger partial charge in [0.2, 0.25) is 0 Å². The molecule has 4 aliphatic carbocycles. The molecule has 2 saturated carbocycles. The van der Waals surface area contributed by atoms with Crippen LogP contribution in [0.25, 0.3) is 0 Å². The monoisotopic (exact) mass is 448 g/mol. The van der Waals surface area contributed by atoms with E-state index < -0.39 is 28.6 Å². The van der Waals surface area contributed by atoms with Gasteiger partial charge in [-0.05, 0) is 38.7 Å². The zero-order chi connectivity index (χ0) is 23.1. The lowest BCUT2D eigenvalue weighted by atomic mass is 9.60. The molecule has 4 rings (SSSR count). The van der Waals surface area contributed by atoms with Crippen molar-refractivity contribution >= 4 is 23.4 Å². The summed E-state index contributed by atoms with van der Waals surface area (Å²) < 4.78 is 6.15. The van der Waals surface area contributed by atoms with Gasteiger partial charge >= 0.3 is 5.97 Å². The highest BCUT2D eigenvalue weighted by Crippen LogP contribution is 2.76. The van der Waals surface area contributed by atoms with Gasteiger partial charge in [-0.15, -0.1) is 11.6 Å².